The molecule has 56 heavy (non-hydrogen) atoms. The number of hydrogen-bond acceptors (Lipinski definition) is 1. The normalized spacial score (nSPS) is 20.7. The van der Waals surface area contributed by atoms with Crippen molar-refractivity contribution in [3.05, 3.63) is 230 Å². The van der Waals surface area contributed by atoms with Crippen LogP contribution in [-0.2, 0) is 0 Å². The molecule has 0 unspecified atom stereocenters. The van der Waals surface area contributed by atoms with Crippen molar-refractivity contribution >= 4 is 38.9 Å². The van der Waals surface area contributed by atoms with Crippen LogP contribution in [0.3, 0.4) is 0 Å². The Kier molecular flexibility index (Phi) is 3.10. The van der Waals surface area contributed by atoms with Crippen LogP contribution in [0.5, 0.6) is 0 Å². The van der Waals surface area contributed by atoms with Crippen LogP contribution in [0.25, 0.3) is 72.0 Å². The number of rotatable bonds is 8. The molecule has 10 rings (SSSR count). The molecule has 9 aromatic carbocycles. The Balaban J connectivity index is 1.46. The minimum absolute atomic E-state index is 0.189. The lowest BCUT2D eigenvalue weighted by Crippen LogP contribution is -2.11. The molecule has 2 heteroatoms. The van der Waals surface area contributed by atoms with Gasteiger partial charge in [-0.15, -0.1) is 0 Å². The van der Waals surface area contributed by atoms with Gasteiger partial charge >= 0.3 is 0 Å². The number of aromatic nitrogens is 1. The van der Waals surface area contributed by atoms with E-state index in [0.29, 0.717) is 4.57 Å². The zero-order valence-electron chi connectivity index (χ0n) is 65.9. The van der Waals surface area contributed by atoms with Gasteiger partial charge in [0.15, 0.2) is 0 Å². The fourth-order valence-corrected chi connectivity index (χ4v) is 5.73. The lowest BCUT2D eigenvalue weighted by molar-refractivity contribution is 1.18. The van der Waals surface area contributed by atoms with E-state index in [2.05, 4.69) is 0 Å². The second-order valence-corrected chi connectivity index (χ2v) is 11.3. The molecule has 1 aromatic heterocycles. The van der Waals surface area contributed by atoms with Crippen molar-refractivity contribution in [2.24, 2.45) is 0 Å². The van der Waals surface area contributed by atoms with Crippen molar-refractivity contribution in [2.75, 3.05) is 4.90 Å². The minimum Gasteiger partial charge on any atom is -0.310 e. The summed E-state index contributed by atoms with van der Waals surface area (Å²) >= 11 is 0. The van der Waals surface area contributed by atoms with Gasteiger partial charge in [0.05, 0.1) is 68.8 Å². The van der Waals surface area contributed by atoms with E-state index in [1.165, 1.54) is 0 Å². The van der Waals surface area contributed by atoms with Crippen LogP contribution in [0.2, 0.25) is 0 Å². The van der Waals surface area contributed by atoms with Gasteiger partial charge in [0.25, 0.3) is 0 Å². The average molecular weight is 753 g/mol. The van der Waals surface area contributed by atoms with Gasteiger partial charge < -0.3 is 9.47 Å². The molecule has 0 radical (unpaired) electrons. The van der Waals surface area contributed by atoms with Gasteiger partial charge in [0, 0.05) is 33.4 Å². The Morgan fingerprint density at radius 3 is 1.30 bits per heavy atom. The maximum absolute atomic E-state index is 9.84. The third-order valence-corrected chi connectivity index (χ3v) is 8.12. The Labute approximate surface area is 381 Å². The highest BCUT2D eigenvalue weighted by molar-refractivity contribution is 6.17. The first-order valence-electron chi connectivity index (χ1n) is 35.1. The molecule has 0 amide bonds. The number of benzene rings is 9. The summed E-state index contributed by atoms with van der Waals surface area (Å²) in [5, 5.41) is -1.71. The third kappa shape index (κ3) is 6.04. The largest absolute Gasteiger partial charge is 0.310 e. The van der Waals surface area contributed by atoms with Crippen LogP contribution < -0.4 is 4.90 Å². The SMILES string of the molecule is [2H]c1c([2H])c([2H])c(-c2c([2H])c([2H])c(-c3c([2H])c([2H])c(N(c4c([2H])c([2H])c(-c5c([2H])c([2H])c([2H])c([2H])c5[2H])c([2H])c4[2H])c4c([2H])c([2H])c([2H])c([2H])c4-c4c([2H])c([2H])c([2H])c5c4c4c([2H])c([2H])c([2H])c([2H])c4n5-c4c([2H])c([2H])c([2H])c([2H])c4[2H])c([2H])c3[2H])c([2H])c2[2H])c([2H])c1[2H]. The van der Waals surface area contributed by atoms with Crippen molar-refractivity contribution in [3.63, 3.8) is 0 Å². The molecule has 0 N–H and O–H groups in total. The molecule has 0 atom stereocenters. The summed E-state index contributed by atoms with van der Waals surface area (Å²) in [7, 11) is 0. The first-order chi connectivity index (χ1) is 43.6. The van der Waals surface area contributed by atoms with Gasteiger partial charge in [0.1, 0.15) is 0 Å². The van der Waals surface area contributed by atoms with Crippen LogP contribution >= 0.6 is 0 Å². The Hall–Kier alpha value is -7.42. The topological polar surface area (TPSA) is 8.17 Å². The summed E-state index contributed by atoms with van der Waals surface area (Å²) in [5.74, 6) is 0. The highest BCUT2D eigenvalue weighted by atomic mass is 15.1. The smallest absolute Gasteiger partial charge is 0.0645 e. The first-order valence-corrected chi connectivity index (χ1v) is 16.1. The Morgan fingerprint density at radius 1 is 0.321 bits per heavy atom. The van der Waals surface area contributed by atoms with E-state index in [9.17, 15) is 24.7 Å². The van der Waals surface area contributed by atoms with Crippen molar-refractivity contribution in [2.45, 2.75) is 0 Å². The molecular weight excluding hydrogens is 677 g/mol. The van der Waals surface area contributed by atoms with Crippen molar-refractivity contribution < 1.29 is 52.1 Å². The van der Waals surface area contributed by atoms with Gasteiger partial charge in [-0.05, 0) is 93.3 Å². The predicted molar refractivity (Wildman–Crippen MR) is 237 cm³/mol. The van der Waals surface area contributed by atoms with E-state index in [1.54, 1.807) is 0 Å². The second kappa shape index (κ2) is 14.4. The number of hydrogen-bond donors (Lipinski definition) is 0. The van der Waals surface area contributed by atoms with Crippen LogP contribution in [0.4, 0.5) is 17.1 Å². The van der Waals surface area contributed by atoms with E-state index in [4.69, 9.17) is 27.4 Å². The summed E-state index contributed by atoms with van der Waals surface area (Å²) < 4.78 is 345. The highest BCUT2D eigenvalue weighted by Gasteiger charge is 2.21. The lowest BCUT2D eigenvalue weighted by atomic mass is 9.96. The van der Waals surface area contributed by atoms with Crippen LogP contribution in [0, 0.1) is 0 Å². The van der Waals surface area contributed by atoms with Crippen molar-refractivity contribution in [1.82, 2.24) is 4.57 Å². The van der Waals surface area contributed by atoms with Gasteiger partial charge in [-0.3, -0.25) is 0 Å². The summed E-state index contributed by atoms with van der Waals surface area (Å²) in [6, 6.07) is -44.4. The van der Waals surface area contributed by atoms with Crippen LogP contribution in [0.15, 0.2) is 230 Å². The molecule has 0 fully saturated rings. The summed E-state index contributed by atoms with van der Waals surface area (Å²) in [4.78, 5) is 0.189. The number of anilines is 3. The standard InChI is InChI=1S/C54H38N2/c1-4-15-39(16-5-1)41-27-29-42(30-28-41)44-33-37-47(38-34-44)55(46-35-31-43(32-36-46)40-17-6-2-7-18-40)51-24-12-10-21-48(51)49-23-14-26-53-54(49)50-22-11-13-25-52(50)56(53)45-19-8-3-9-20-45/h1-38H/i1D,2D,3D,4D,5D,6D,7D,8D,9D,10D,11D,12D,13D,14D,15D,16D,17D,18D,19D,20D,21D,22D,23D,24D,25D,26D,27D,28D,29D,30D,31D,32D,33D,34D,35D,36D,37D,38D. The van der Waals surface area contributed by atoms with Crippen molar-refractivity contribution in [3.8, 4) is 50.2 Å². The fourth-order valence-electron chi connectivity index (χ4n) is 5.73. The third-order valence-electron chi connectivity index (χ3n) is 8.12. The maximum Gasteiger partial charge on any atom is 0.0645 e. The van der Waals surface area contributed by atoms with E-state index in [-0.39, 0.29) is 4.90 Å². The Morgan fingerprint density at radius 2 is 0.732 bits per heavy atom. The van der Waals surface area contributed by atoms with Gasteiger partial charge in [-0.1, -0.05) is 175 Å². The quantitative estimate of drug-likeness (QED) is 0.150. The molecule has 0 aliphatic carbocycles. The number of nitrogens with zero attached hydrogens (tertiary/aromatic N) is 2. The zero-order valence-corrected chi connectivity index (χ0v) is 27.9. The number of fused-ring (bicyclic) bond motifs is 3. The summed E-state index contributed by atoms with van der Waals surface area (Å²) in [6.07, 6.45) is 0. The van der Waals surface area contributed by atoms with Gasteiger partial charge in [-0.25, -0.2) is 0 Å². The lowest BCUT2D eigenvalue weighted by Gasteiger charge is -2.28. The molecule has 0 spiro atoms. The molecule has 0 saturated heterocycles. The van der Waals surface area contributed by atoms with E-state index in [1.807, 2.05) is 0 Å². The minimum atomic E-state index is -1.47. The molecule has 0 aliphatic rings. The maximum atomic E-state index is 9.84. The molecule has 0 saturated carbocycles. The van der Waals surface area contributed by atoms with Gasteiger partial charge in [-0.2, -0.15) is 0 Å². The van der Waals surface area contributed by atoms with E-state index >= 15 is 0 Å². The molecule has 1 heterocycles. The molecule has 2 nitrogen and oxygen atoms in total. The molecule has 10 aromatic rings. The zero-order chi connectivity index (χ0) is 70.3. The van der Waals surface area contributed by atoms with Gasteiger partial charge in [0.2, 0.25) is 0 Å². The summed E-state index contributed by atoms with van der Waals surface area (Å²) in [5.41, 5.74) is -14.9. The molecule has 0 bridgehead atoms. The predicted octanol–water partition coefficient (Wildman–Crippen LogP) is 14.9. The molecular formula is C54H38N2. The van der Waals surface area contributed by atoms with E-state index in [0.717, 1.165) is 0 Å². The fraction of sp³-hybridized carbons (Fsp3) is 0. The number of para-hydroxylation sites is 3. The second-order valence-electron chi connectivity index (χ2n) is 11.3. The highest BCUT2D eigenvalue weighted by Crippen LogP contribution is 2.45. The molecule has 0 aliphatic heterocycles. The molecule has 264 valence electrons. The monoisotopic (exact) mass is 753 g/mol. The van der Waals surface area contributed by atoms with E-state index < -0.39 is 319 Å². The summed E-state index contributed by atoms with van der Waals surface area (Å²) in [6.45, 7) is 0. The Bertz CT molecular complexity index is 5010. The van der Waals surface area contributed by atoms with Crippen LogP contribution in [-0.4, -0.2) is 4.57 Å². The first kappa shape index (κ1) is 12.0. The average Bonchev–Trinajstić information content (AvgIpc) is 1.44. The van der Waals surface area contributed by atoms with Crippen molar-refractivity contribution in [1.29, 1.82) is 0 Å². The van der Waals surface area contributed by atoms with Crippen LogP contribution in [0.1, 0.15) is 52.1 Å².